The summed E-state index contributed by atoms with van der Waals surface area (Å²) in [5.74, 6) is -0.746. The Labute approximate surface area is 187 Å². The van der Waals surface area contributed by atoms with Crippen molar-refractivity contribution >= 4 is 17.7 Å². The molecule has 0 aliphatic carbocycles. The van der Waals surface area contributed by atoms with Crippen LogP contribution in [0.1, 0.15) is 34.3 Å². The van der Waals surface area contributed by atoms with E-state index >= 15 is 0 Å². The summed E-state index contributed by atoms with van der Waals surface area (Å²) in [5, 5.41) is 0. The van der Waals surface area contributed by atoms with E-state index in [0.29, 0.717) is 18.5 Å². The van der Waals surface area contributed by atoms with Crippen molar-refractivity contribution in [2.75, 3.05) is 7.11 Å². The maximum Gasteiger partial charge on any atom is 0.328 e. The van der Waals surface area contributed by atoms with Gasteiger partial charge in [-0.2, -0.15) is 0 Å². The molecule has 1 heterocycles. The average Bonchev–Trinajstić information content (AvgIpc) is 2.86. The SMILES string of the molecule is COC(=O)C1Cc2ccccc2CN1C(=O)CCC(=O)c1ccc(-c2ccccc2)cc1. The highest BCUT2D eigenvalue weighted by Crippen LogP contribution is 2.25. The number of benzene rings is 3. The van der Waals surface area contributed by atoms with E-state index in [1.54, 1.807) is 17.0 Å². The highest BCUT2D eigenvalue weighted by Gasteiger charge is 2.35. The molecule has 1 amide bonds. The van der Waals surface area contributed by atoms with Gasteiger partial charge in [-0.15, -0.1) is 0 Å². The minimum atomic E-state index is -0.664. The molecule has 5 nitrogen and oxygen atoms in total. The molecular formula is C27H25NO4. The minimum Gasteiger partial charge on any atom is -0.467 e. The Bertz CT molecular complexity index is 1120. The minimum absolute atomic E-state index is 0.0505. The Morgan fingerprint density at radius 3 is 2.12 bits per heavy atom. The quantitative estimate of drug-likeness (QED) is 0.431. The number of ether oxygens (including phenoxy) is 1. The Morgan fingerprint density at radius 1 is 0.812 bits per heavy atom. The summed E-state index contributed by atoms with van der Waals surface area (Å²) in [6.07, 6.45) is 0.563. The number of carbonyl (C=O) groups is 3. The summed E-state index contributed by atoms with van der Waals surface area (Å²) in [7, 11) is 1.33. The number of amides is 1. The number of nitrogens with zero attached hydrogens (tertiary/aromatic N) is 1. The fourth-order valence-corrected chi connectivity index (χ4v) is 4.12. The highest BCUT2D eigenvalue weighted by molar-refractivity contribution is 5.98. The van der Waals surface area contributed by atoms with E-state index in [1.165, 1.54) is 7.11 Å². The number of ketones is 1. The molecule has 0 aromatic heterocycles. The molecular weight excluding hydrogens is 402 g/mol. The molecule has 0 saturated carbocycles. The van der Waals surface area contributed by atoms with Crippen LogP contribution >= 0.6 is 0 Å². The first-order chi connectivity index (χ1) is 15.6. The molecule has 0 spiro atoms. The predicted molar refractivity (Wildman–Crippen MR) is 122 cm³/mol. The summed E-state index contributed by atoms with van der Waals surface area (Å²) in [6, 6.07) is 24.5. The van der Waals surface area contributed by atoms with Gasteiger partial charge >= 0.3 is 5.97 Å². The first-order valence-corrected chi connectivity index (χ1v) is 10.7. The summed E-state index contributed by atoms with van der Waals surface area (Å²) < 4.78 is 4.93. The van der Waals surface area contributed by atoms with Crippen LogP contribution in [0.15, 0.2) is 78.9 Å². The smallest absolute Gasteiger partial charge is 0.328 e. The number of hydrogen-bond acceptors (Lipinski definition) is 4. The van der Waals surface area contributed by atoms with Gasteiger partial charge in [0.05, 0.1) is 7.11 Å². The van der Waals surface area contributed by atoms with E-state index in [-0.39, 0.29) is 24.5 Å². The van der Waals surface area contributed by atoms with Crippen LogP contribution in [0.5, 0.6) is 0 Å². The second-order valence-corrected chi connectivity index (χ2v) is 7.90. The van der Waals surface area contributed by atoms with Gasteiger partial charge in [0.2, 0.25) is 5.91 Å². The lowest BCUT2D eigenvalue weighted by Gasteiger charge is -2.35. The third-order valence-electron chi connectivity index (χ3n) is 5.92. The predicted octanol–water partition coefficient (Wildman–Crippen LogP) is 4.44. The topological polar surface area (TPSA) is 63.7 Å². The molecule has 3 aromatic rings. The number of hydrogen-bond donors (Lipinski definition) is 0. The molecule has 0 saturated heterocycles. The largest absolute Gasteiger partial charge is 0.467 e. The lowest BCUT2D eigenvalue weighted by molar-refractivity contribution is -0.154. The van der Waals surface area contributed by atoms with Crippen LogP contribution in [0, 0.1) is 0 Å². The van der Waals surface area contributed by atoms with Crippen LogP contribution in [0.3, 0.4) is 0 Å². The van der Waals surface area contributed by atoms with E-state index in [9.17, 15) is 14.4 Å². The Kier molecular flexibility index (Phi) is 6.45. The van der Waals surface area contributed by atoms with E-state index in [2.05, 4.69) is 0 Å². The molecule has 0 N–H and O–H groups in total. The molecule has 4 rings (SSSR count). The van der Waals surface area contributed by atoms with Gasteiger partial charge < -0.3 is 9.64 Å². The zero-order valence-corrected chi connectivity index (χ0v) is 18.0. The van der Waals surface area contributed by atoms with Crippen molar-refractivity contribution in [1.29, 1.82) is 0 Å². The molecule has 1 atom stereocenters. The van der Waals surface area contributed by atoms with Crippen LogP contribution < -0.4 is 0 Å². The number of fused-ring (bicyclic) bond motifs is 1. The first kappa shape index (κ1) is 21.5. The molecule has 0 fully saturated rings. The molecule has 1 aliphatic rings. The maximum atomic E-state index is 13.0. The van der Waals surface area contributed by atoms with Crippen LogP contribution in [0.25, 0.3) is 11.1 Å². The summed E-state index contributed by atoms with van der Waals surface area (Å²) in [6.45, 7) is 0.342. The fourth-order valence-electron chi connectivity index (χ4n) is 4.12. The van der Waals surface area contributed by atoms with Crippen molar-refractivity contribution in [1.82, 2.24) is 4.90 Å². The molecule has 5 heteroatoms. The molecule has 162 valence electrons. The second-order valence-electron chi connectivity index (χ2n) is 7.90. The monoisotopic (exact) mass is 427 g/mol. The summed E-state index contributed by atoms with van der Waals surface area (Å²) in [5.41, 5.74) is 4.75. The van der Waals surface area contributed by atoms with Crippen molar-refractivity contribution in [3.63, 3.8) is 0 Å². The maximum absolute atomic E-state index is 13.0. The zero-order chi connectivity index (χ0) is 22.5. The molecule has 3 aromatic carbocycles. The van der Waals surface area contributed by atoms with Gasteiger partial charge in [0, 0.05) is 31.4 Å². The van der Waals surface area contributed by atoms with Crippen LogP contribution in [0.4, 0.5) is 0 Å². The van der Waals surface area contributed by atoms with Crippen molar-refractivity contribution in [2.45, 2.75) is 31.8 Å². The number of methoxy groups -OCH3 is 1. The lowest BCUT2D eigenvalue weighted by atomic mass is 9.93. The van der Waals surface area contributed by atoms with E-state index in [0.717, 1.165) is 22.3 Å². The van der Waals surface area contributed by atoms with Gasteiger partial charge in [-0.25, -0.2) is 4.79 Å². The number of carbonyl (C=O) groups excluding carboxylic acids is 3. The molecule has 0 bridgehead atoms. The van der Waals surface area contributed by atoms with Crippen molar-refractivity contribution in [2.24, 2.45) is 0 Å². The van der Waals surface area contributed by atoms with Crippen molar-refractivity contribution in [3.05, 3.63) is 95.6 Å². The average molecular weight is 428 g/mol. The Hall–Kier alpha value is -3.73. The zero-order valence-electron chi connectivity index (χ0n) is 18.0. The normalized spacial score (nSPS) is 15.0. The summed E-state index contributed by atoms with van der Waals surface area (Å²) in [4.78, 5) is 39.5. The van der Waals surface area contributed by atoms with Crippen LogP contribution in [-0.4, -0.2) is 35.7 Å². The van der Waals surface area contributed by atoms with Gasteiger partial charge in [0.25, 0.3) is 0 Å². The van der Waals surface area contributed by atoms with Crippen molar-refractivity contribution in [3.8, 4) is 11.1 Å². The molecule has 0 radical (unpaired) electrons. The third-order valence-corrected chi connectivity index (χ3v) is 5.92. The van der Waals surface area contributed by atoms with Gasteiger partial charge in [-0.3, -0.25) is 9.59 Å². The lowest BCUT2D eigenvalue weighted by Crippen LogP contribution is -2.49. The van der Waals surface area contributed by atoms with Crippen LogP contribution in [-0.2, 0) is 27.3 Å². The van der Waals surface area contributed by atoms with E-state index in [1.807, 2.05) is 66.7 Å². The fraction of sp³-hybridized carbons (Fsp3) is 0.222. The molecule has 1 unspecified atom stereocenters. The van der Waals surface area contributed by atoms with Gasteiger partial charge in [0.1, 0.15) is 6.04 Å². The molecule has 1 aliphatic heterocycles. The third kappa shape index (κ3) is 4.62. The van der Waals surface area contributed by atoms with Gasteiger partial charge in [-0.1, -0.05) is 78.9 Å². The van der Waals surface area contributed by atoms with Crippen molar-refractivity contribution < 1.29 is 19.1 Å². The number of rotatable bonds is 6. The van der Waals surface area contributed by atoms with Gasteiger partial charge in [-0.05, 0) is 22.3 Å². The number of Topliss-reactive ketones (excluding diaryl/α,β-unsaturated/α-hetero) is 1. The van der Waals surface area contributed by atoms with E-state index < -0.39 is 12.0 Å². The van der Waals surface area contributed by atoms with E-state index in [4.69, 9.17) is 4.74 Å². The summed E-state index contributed by atoms with van der Waals surface area (Å²) >= 11 is 0. The molecule has 32 heavy (non-hydrogen) atoms. The standard InChI is InChI=1S/C27H25NO4/c1-32-27(31)24-17-22-9-5-6-10-23(22)18-28(24)26(30)16-15-25(29)21-13-11-20(12-14-21)19-7-3-2-4-8-19/h2-14,24H,15-18H2,1H3. The number of esters is 1. The first-order valence-electron chi connectivity index (χ1n) is 10.7. The van der Waals surface area contributed by atoms with Gasteiger partial charge in [0.15, 0.2) is 5.78 Å². The Balaban J connectivity index is 1.42. The van der Waals surface area contributed by atoms with Crippen LogP contribution in [0.2, 0.25) is 0 Å². The highest BCUT2D eigenvalue weighted by atomic mass is 16.5. The second kappa shape index (κ2) is 9.60. The Morgan fingerprint density at radius 2 is 1.44 bits per heavy atom.